The predicted molar refractivity (Wildman–Crippen MR) is 70.9 cm³/mol. The highest BCUT2D eigenvalue weighted by Gasteiger charge is 2.16. The van der Waals surface area contributed by atoms with Crippen LogP contribution in [0.15, 0.2) is 24.3 Å². The fourth-order valence-corrected chi connectivity index (χ4v) is 1.60. The van der Waals surface area contributed by atoms with Crippen LogP contribution in [-0.4, -0.2) is 29.8 Å². The topological polar surface area (TPSA) is 89.4 Å². The molecule has 0 aliphatic rings. The number of hydrogen-bond donors (Lipinski definition) is 2. The minimum Gasteiger partial charge on any atom is -0.399 e. The molecule has 1 rings (SSSR count). The lowest BCUT2D eigenvalue weighted by Crippen LogP contribution is -2.39. The largest absolute Gasteiger partial charge is 0.399 e. The van der Waals surface area contributed by atoms with Crippen LogP contribution >= 0.6 is 0 Å². The number of nitrogens with zero attached hydrogens (tertiary/aromatic N) is 1. The number of rotatable bonds is 6. The normalized spacial score (nSPS) is 10.1. The maximum atomic E-state index is 12.2. The van der Waals surface area contributed by atoms with Crippen molar-refractivity contribution in [2.24, 2.45) is 5.73 Å². The molecule has 0 aliphatic carbocycles. The molecule has 5 heteroatoms. The van der Waals surface area contributed by atoms with E-state index in [2.05, 4.69) is 0 Å². The van der Waals surface area contributed by atoms with E-state index in [0.717, 1.165) is 12.8 Å². The van der Waals surface area contributed by atoms with E-state index in [1.54, 1.807) is 24.3 Å². The molecule has 0 fully saturated rings. The van der Waals surface area contributed by atoms with Gasteiger partial charge in [-0.15, -0.1) is 0 Å². The molecule has 18 heavy (non-hydrogen) atoms. The monoisotopic (exact) mass is 249 g/mol. The van der Waals surface area contributed by atoms with Gasteiger partial charge in [0.1, 0.15) is 0 Å². The van der Waals surface area contributed by atoms with Crippen LogP contribution in [0.4, 0.5) is 5.69 Å². The van der Waals surface area contributed by atoms with E-state index < -0.39 is 5.91 Å². The van der Waals surface area contributed by atoms with Crippen LogP contribution in [0.1, 0.15) is 30.1 Å². The zero-order valence-corrected chi connectivity index (χ0v) is 10.6. The first-order valence-electron chi connectivity index (χ1n) is 5.97. The van der Waals surface area contributed by atoms with Gasteiger partial charge in [-0.1, -0.05) is 13.3 Å². The van der Waals surface area contributed by atoms with Gasteiger partial charge in [-0.25, -0.2) is 0 Å². The second-order valence-electron chi connectivity index (χ2n) is 4.17. The third-order valence-corrected chi connectivity index (χ3v) is 2.57. The van der Waals surface area contributed by atoms with E-state index in [1.807, 2.05) is 6.92 Å². The maximum absolute atomic E-state index is 12.2. The summed E-state index contributed by atoms with van der Waals surface area (Å²) in [6.45, 7) is 2.50. The quantitative estimate of drug-likeness (QED) is 0.737. The first-order chi connectivity index (χ1) is 8.54. The van der Waals surface area contributed by atoms with Gasteiger partial charge in [0.25, 0.3) is 5.91 Å². The molecule has 0 unspecified atom stereocenters. The second kappa shape index (κ2) is 6.64. The van der Waals surface area contributed by atoms with Gasteiger partial charge in [-0.05, 0) is 30.7 Å². The molecule has 2 amide bonds. The molecule has 5 nitrogen and oxygen atoms in total. The van der Waals surface area contributed by atoms with Crippen molar-refractivity contribution < 1.29 is 9.59 Å². The van der Waals surface area contributed by atoms with Crippen molar-refractivity contribution in [2.45, 2.75) is 19.8 Å². The average Bonchev–Trinajstić information content (AvgIpc) is 2.34. The summed E-state index contributed by atoms with van der Waals surface area (Å²) < 4.78 is 0. The van der Waals surface area contributed by atoms with E-state index in [9.17, 15) is 9.59 Å². The van der Waals surface area contributed by atoms with E-state index >= 15 is 0 Å². The molecule has 0 aliphatic heterocycles. The second-order valence-corrected chi connectivity index (χ2v) is 4.17. The molecule has 1 aromatic rings. The summed E-state index contributed by atoms with van der Waals surface area (Å²) >= 11 is 0. The van der Waals surface area contributed by atoms with Crippen LogP contribution in [0.3, 0.4) is 0 Å². The van der Waals surface area contributed by atoms with Gasteiger partial charge >= 0.3 is 0 Å². The minimum absolute atomic E-state index is 0.0524. The van der Waals surface area contributed by atoms with Gasteiger partial charge in [0, 0.05) is 17.8 Å². The third kappa shape index (κ3) is 4.08. The minimum atomic E-state index is -0.505. The fraction of sp³-hybridized carbons (Fsp3) is 0.385. The summed E-state index contributed by atoms with van der Waals surface area (Å²) in [7, 11) is 0. The number of hydrogen-bond acceptors (Lipinski definition) is 3. The highest BCUT2D eigenvalue weighted by molar-refractivity contribution is 5.96. The number of benzene rings is 1. The van der Waals surface area contributed by atoms with Crippen molar-refractivity contribution in [3.63, 3.8) is 0 Å². The highest BCUT2D eigenvalue weighted by atomic mass is 16.2. The Kier molecular flexibility index (Phi) is 5.17. The summed E-state index contributed by atoms with van der Waals surface area (Å²) in [6.07, 6.45) is 1.79. The molecule has 0 spiro atoms. The van der Waals surface area contributed by atoms with Gasteiger partial charge in [0.15, 0.2) is 0 Å². The van der Waals surface area contributed by atoms with Gasteiger partial charge in [-0.3, -0.25) is 9.59 Å². The molecular weight excluding hydrogens is 230 g/mol. The SMILES string of the molecule is CCCCN(CC(N)=O)C(=O)c1ccc(N)cc1. The molecule has 0 bridgehead atoms. The van der Waals surface area contributed by atoms with Crippen LogP contribution < -0.4 is 11.5 Å². The number of carbonyl (C=O) groups is 2. The first kappa shape index (κ1) is 14.0. The van der Waals surface area contributed by atoms with Crippen molar-refractivity contribution >= 4 is 17.5 Å². The highest BCUT2D eigenvalue weighted by Crippen LogP contribution is 2.09. The van der Waals surface area contributed by atoms with Crippen molar-refractivity contribution in [3.8, 4) is 0 Å². The number of amides is 2. The number of unbranched alkanes of at least 4 members (excludes halogenated alkanes) is 1. The molecule has 0 aromatic heterocycles. The summed E-state index contributed by atoms with van der Waals surface area (Å²) in [5.41, 5.74) is 11.8. The van der Waals surface area contributed by atoms with Crippen LogP contribution in [0.2, 0.25) is 0 Å². The Labute approximate surface area is 107 Å². The summed E-state index contributed by atoms with van der Waals surface area (Å²) in [5, 5.41) is 0. The lowest BCUT2D eigenvalue weighted by atomic mass is 10.1. The zero-order chi connectivity index (χ0) is 13.5. The Bertz CT molecular complexity index is 415. The zero-order valence-electron chi connectivity index (χ0n) is 10.6. The van der Waals surface area contributed by atoms with Crippen molar-refractivity contribution in [3.05, 3.63) is 29.8 Å². The Morgan fingerprint density at radius 2 is 1.83 bits per heavy atom. The van der Waals surface area contributed by atoms with Crippen molar-refractivity contribution in [2.75, 3.05) is 18.8 Å². The summed E-state index contributed by atoms with van der Waals surface area (Å²) in [4.78, 5) is 24.6. The van der Waals surface area contributed by atoms with Crippen molar-refractivity contribution in [1.29, 1.82) is 0 Å². The number of anilines is 1. The predicted octanol–water partition coefficient (Wildman–Crippen LogP) is 0.996. The average molecular weight is 249 g/mol. The molecule has 1 aromatic carbocycles. The molecule has 98 valence electrons. The number of primary amides is 1. The van der Waals surface area contributed by atoms with E-state index in [0.29, 0.717) is 17.8 Å². The van der Waals surface area contributed by atoms with Gasteiger partial charge in [-0.2, -0.15) is 0 Å². The molecule has 0 heterocycles. The Balaban J connectivity index is 2.80. The molecule has 0 saturated carbocycles. The lowest BCUT2D eigenvalue weighted by Gasteiger charge is -2.21. The van der Waals surface area contributed by atoms with Crippen LogP contribution in [0.5, 0.6) is 0 Å². The van der Waals surface area contributed by atoms with Gasteiger partial charge in [0.05, 0.1) is 6.54 Å². The first-order valence-corrected chi connectivity index (χ1v) is 5.97. The number of nitrogen functional groups attached to an aromatic ring is 1. The standard InChI is InChI=1S/C13H19N3O2/c1-2-3-8-16(9-12(15)17)13(18)10-4-6-11(14)7-5-10/h4-7H,2-3,8-9,14H2,1H3,(H2,15,17). The maximum Gasteiger partial charge on any atom is 0.254 e. The van der Waals surface area contributed by atoms with E-state index in [1.165, 1.54) is 4.90 Å². The van der Waals surface area contributed by atoms with Crippen molar-refractivity contribution in [1.82, 2.24) is 4.90 Å². The fourth-order valence-electron chi connectivity index (χ4n) is 1.60. The smallest absolute Gasteiger partial charge is 0.254 e. The molecule has 4 N–H and O–H groups in total. The summed E-state index contributed by atoms with van der Waals surface area (Å²) in [6, 6.07) is 6.63. The Morgan fingerprint density at radius 1 is 1.22 bits per heavy atom. The van der Waals surface area contributed by atoms with Crippen LogP contribution in [0.25, 0.3) is 0 Å². The third-order valence-electron chi connectivity index (χ3n) is 2.57. The number of nitrogens with two attached hydrogens (primary N) is 2. The molecular formula is C13H19N3O2. The molecule has 0 saturated heterocycles. The number of carbonyl (C=O) groups excluding carboxylic acids is 2. The molecule has 0 radical (unpaired) electrons. The summed E-state index contributed by atoms with van der Waals surface area (Å²) in [5.74, 6) is -0.697. The Hall–Kier alpha value is -2.04. The van der Waals surface area contributed by atoms with Crippen LogP contribution in [0, 0.1) is 0 Å². The van der Waals surface area contributed by atoms with Gasteiger partial charge in [0.2, 0.25) is 5.91 Å². The molecule has 0 atom stereocenters. The van der Waals surface area contributed by atoms with E-state index in [4.69, 9.17) is 11.5 Å². The van der Waals surface area contributed by atoms with E-state index in [-0.39, 0.29) is 12.5 Å². The Morgan fingerprint density at radius 3 is 2.33 bits per heavy atom. The lowest BCUT2D eigenvalue weighted by molar-refractivity contribution is -0.118. The van der Waals surface area contributed by atoms with Gasteiger partial charge < -0.3 is 16.4 Å². The van der Waals surface area contributed by atoms with Crippen LogP contribution in [-0.2, 0) is 4.79 Å².